The molecule has 1 atom stereocenters. The number of nitrogens with zero attached hydrogens (tertiary/aromatic N) is 1. The Bertz CT molecular complexity index is 838. The molecule has 134 valence electrons. The molecule has 0 radical (unpaired) electrons. The van der Waals surface area contributed by atoms with E-state index in [9.17, 15) is 10.1 Å². The van der Waals surface area contributed by atoms with Crippen molar-refractivity contribution >= 4 is 34.8 Å². The van der Waals surface area contributed by atoms with E-state index >= 15 is 0 Å². The normalized spacial score (nSPS) is 12.0. The lowest BCUT2D eigenvalue weighted by atomic mass is 10.1. The molecule has 0 fully saturated rings. The average Bonchev–Trinajstić information content (AvgIpc) is 2.64. The van der Waals surface area contributed by atoms with E-state index in [-0.39, 0.29) is 11.6 Å². The van der Waals surface area contributed by atoms with E-state index < -0.39 is 5.91 Å². The van der Waals surface area contributed by atoms with E-state index in [0.717, 1.165) is 11.3 Å². The number of methoxy groups -OCH3 is 1. The third-order valence-electron chi connectivity index (χ3n) is 3.65. The van der Waals surface area contributed by atoms with Crippen LogP contribution in [0.5, 0.6) is 5.75 Å². The van der Waals surface area contributed by atoms with Crippen LogP contribution in [0.2, 0.25) is 10.0 Å². The molecule has 0 aliphatic carbocycles. The molecule has 26 heavy (non-hydrogen) atoms. The van der Waals surface area contributed by atoms with E-state index in [1.807, 2.05) is 25.1 Å². The Morgan fingerprint density at radius 1 is 1.19 bits per heavy atom. The second-order valence-corrected chi connectivity index (χ2v) is 6.19. The summed E-state index contributed by atoms with van der Waals surface area (Å²) < 4.78 is 5.11. The lowest BCUT2D eigenvalue weighted by molar-refractivity contribution is -0.117. The molecule has 1 amide bonds. The number of hydrogen-bond donors (Lipinski definition) is 2. The van der Waals surface area contributed by atoms with Gasteiger partial charge < -0.3 is 15.4 Å². The lowest BCUT2D eigenvalue weighted by Gasteiger charge is -2.14. The van der Waals surface area contributed by atoms with Gasteiger partial charge in [0.25, 0.3) is 5.91 Å². The number of rotatable bonds is 6. The van der Waals surface area contributed by atoms with Gasteiger partial charge in [0.1, 0.15) is 17.4 Å². The molecule has 1 unspecified atom stereocenters. The molecule has 2 N–H and O–H groups in total. The molecule has 2 aromatic rings. The van der Waals surface area contributed by atoms with Gasteiger partial charge in [0.05, 0.1) is 28.9 Å². The predicted octanol–water partition coefficient (Wildman–Crippen LogP) is 4.70. The van der Waals surface area contributed by atoms with Crippen LogP contribution in [-0.2, 0) is 4.79 Å². The van der Waals surface area contributed by atoms with Crippen LogP contribution in [0.25, 0.3) is 0 Å². The van der Waals surface area contributed by atoms with Crippen molar-refractivity contribution in [2.75, 3.05) is 12.4 Å². The van der Waals surface area contributed by atoms with Crippen molar-refractivity contribution in [3.05, 3.63) is 69.8 Å². The highest BCUT2D eigenvalue weighted by Gasteiger charge is 2.14. The van der Waals surface area contributed by atoms with Gasteiger partial charge in [-0.05, 0) is 36.8 Å². The monoisotopic (exact) mass is 389 g/mol. The number of ether oxygens (including phenoxy) is 1. The van der Waals surface area contributed by atoms with Crippen LogP contribution in [0.3, 0.4) is 0 Å². The lowest BCUT2D eigenvalue weighted by Crippen LogP contribution is -2.28. The van der Waals surface area contributed by atoms with Gasteiger partial charge in [0, 0.05) is 6.20 Å². The molecular weight excluding hydrogens is 373 g/mol. The molecule has 0 saturated carbocycles. The summed E-state index contributed by atoms with van der Waals surface area (Å²) in [4.78, 5) is 12.3. The highest BCUT2D eigenvalue weighted by atomic mass is 35.5. The Labute approximate surface area is 162 Å². The van der Waals surface area contributed by atoms with Crippen molar-refractivity contribution < 1.29 is 9.53 Å². The number of benzene rings is 2. The van der Waals surface area contributed by atoms with E-state index in [1.54, 1.807) is 37.4 Å². The van der Waals surface area contributed by atoms with Crippen LogP contribution in [-0.4, -0.2) is 13.0 Å². The smallest absolute Gasteiger partial charge is 0.263 e. The predicted molar refractivity (Wildman–Crippen MR) is 103 cm³/mol. The number of anilines is 1. The number of para-hydroxylation sites is 1. The molecule has 0 heterocycles. The Morgan fingerprint density at radius 2 is 1.81 bits per heavy atom. The zero-order valence-electron chi connectivity index (χ0n) is 14.2. The van der Waals surface area contributed by atoms with E-state index in [4.69, 9.17) is 27.9 Å². The zero-order valence-corrected chi connectivity index (χ0v) is 15.7. The molecule has 0 bridgehead atoms. The molecule has 0 saturated heterocycles. The van der Waals surface area contributed by atoms with Gasteiger partial charge in [-0.25, -0.2) is 0 Å². The molecule has 5 nitrogen and oxygen atoms in total. The van der Waals surface area contributed by atoms with Gasteiger partial charge in [-0.15, -0.1) is 0 Å². The van der Waals surface area contributed by atoms with Gasteiger partial charge in [-0.3, -0.25) is 4.79 Å². The largest absolute Gasteiger partial charge is 0.497 e. The number of nitriles is 1. The minimum absolute atomic E-state index is 0.0960. The van der Waals surface area contributed by atoms with Crippen molar-refractivity contribution in [1.29, 1.82) is 5.26 Å². The number of amides is 1. The summed E-state index contributed by atoms with van der Waals surface area (Å²) in [6.45, 7) is 1.83. The van der Waals surface area contributed by atoms with Gasteiger partial charge in [-0.1, -0.05) is 41.4 Å². The Kier molecular flexibility index (Phi) is 6.90. The fourth-order valence-corrected chi connectivity index (χ4v) is 2.69. The second-order valence-electron chi connectivity index (χ2n) is 5.38. The standard InChI is InChI=1S/C19H17Cl2N3O2/c1-12(13-6-8-15(26-2)9-7-13)24-19(25)14(10-22)11-23-18-16(20)4-3-5-17(18)21/h3-9,11-12,23H,1-2H3,(H,24,25)/b14-11-. The summed E-state index contributed by atoms with van der Waals surface area (Å²) in [5, 5.41) is 15.6. The maximum Gasteiger partial charge on any atom is 0.263 e. The van der Waals surface area contributed by atoms with Crippen LogP contribution < -0.4 is 15.4 Å². The summed E-state index contributed by atoms with van der Waals surface area (Å²) >= 11 is 12.1. The number of nitrogens with one attached hydrogen (secondary N) is 2. The summed E-state index contributed by atoms with van der Waals surface area (Å²) in [7, 11) is 1.59. The molecule has 0 aliphatic heterocycles. The third kappa shape index (κ3) is 4.92. The minimum atomic E-state index is -0.508. The van der Waals surface area contributed by atoms with E-state index in [1.165, 1.54) is 6.20 Å². The molecule has 2 rings (SSSR count). The molecule has 7 heteroatoms. The Hall–Kier alpha value is -2.68. The van der Waals surface area contributed by atoms with Crippen molar-refractivity contribution in [2.45, 2.75) is 13.0 Å². The van der Waals surface area contributed by atoms with Crippen molar-refractivity contribution in [3.63, 3.8) is 0 Å². The third-order valence-corrected chi connectivity index (χ3v) is 4.28. The van der Waals surface area contributed by atoms with Crippen molar-refractivity contribution in [1.82, 2.24) is 5.32 Å². The fourth-order valence-electron chi connectivity index (χ4n) is 2.18. The van der Waals surface area contributed by atoms with Crippen LogP contribution in [0.15, 0.2) is 54.2 Å². The van der Waals surface area contributed by atoms with Crippen molar-refractivity contribution in [3.8, 4) is 11.8 Å². The van der Waals surface area contributed by atoms with Crippen LogP contribution >= 0.6 is 23.2 Å². The molecular formula is C19H17Cl2N3O2. The highest BCUT2D eigenvalue weighted by molar-refractivity contribution is 6.39. The van der Waals surface area contributed by atoms with Gasteiger partial charge >= 0.3 is 0 Å². The minimum Gasteiger partial charge on any atom is -0.497 e. The maximum atomic E-state index is 12.3. The highest BCUT2D eigenvalue weighted by Crippen LogP contribution is 2.29. The van der Waals surface area contributed by atoms with Gasteiger partial charge in [0.15, 0.2) is 0 Å². The van der Waals surface area contributed by atoms with Crippen LogP contribution in [0.4, 0.5) is 5.69 Å². The first-order valence-electron chi connectivity index (χ1n) is 7.72. The summed E-state index contributed by atoms with van der Waals surface area (Å²) in [6.07, 6.45) is 1.28. The molecule has 2 aromatic carbocycles. The number of hydrogen-bond acceptors (Lipinski definition) is 4. The topological polar surface area (TPSA) is 74.1 Å². The zero-order chi connectivity index (χ0) is 19.1. The first-order chi connectivity index (χ1) is 12.5. The molecule has 0 spiro atoms. The van der Waals surface area contributed by atoms with Gasteiger partial charge in [0.2, 0.25) is 0 Å². The number of carbonyl (C=O) groups is 1. The fraction of sp³-hybridized carbons (Fsp3) is 0.158. The second kappa shape index (κ2) is 9.14. The first kappa shape index (κ1) is 19.6. The van der Waals surface area contributed by atoms with Crippen molar-refractivity contribution in [2.24, 2.45) is 0 Å². The van der Waals surface area contributed by atoms with E-state index in [0.29, 0.717) is 15.7 Å². The quantitative estimate of drug-likeness (QED) is 0.554. The van der Waals surface area contributed by atoms with Crippen LogP contribution in [0, 0.1) is 11.3 Å². The number of carbonyl (C=O) groups excluding carboxylic acids is 1. The van der Waals surface area contributed by atoms with Crippen LogP contribution in [0.1, 0.15) is 18.5 Å². The summed E-state index contributed by atoms with van der Waals surface area (Å²) in [5.74, 6) is 0.220. The molecule has 0 aliphatic rings. The van der Waals surface area contributed by atoms with E-state index in [2.05, 4.69) is 10.6 Å². The first-order valence-corrected chi connectivity index (χ1v) is 8.47. The number of halogens is 2. The maximum absolute atomic E-state index is 12.3. The Balaban J connectivity index is 2.09. The molecule has 0 aromatic heterocycles. The Morgan fingerprint density at radius 3 is 2.35 bits per heavy atom. The summed E-state index contributed by atoms with van der Waals surface area (Å²) in [5.41, 5.74) is 1.22. The SMILES string of the molecule is COc1ccc(C(C)NC(=O)/C(C#N)=C\Nc2c(Cl)cccc2Cl)cc1. The van der Waals surface area contributed by atoms with Gasteiger partial charge in [-0.2, -0.15) is 5.26 Å². The average molecular weight is 390 g/mol. The summed E-state index contributed by atoms with van der Waals surface area (Å²) in [6, 6.07) is 13.9.